The summed E-state index contributed by atoms with van der Waals surface area (Å²) in [5.41, 5.74) is -2.02. The van der Waals surface area contributed by atoms with Crippen molar-refractivity contribution in [2.75, 3.05) is 7.11 Å². The first-order chi connectivity index (χ1) is 13.3. The Kier molecular flexibility index (Phi) is 4.83. The standard InChI is InChI=1S/C19H13F2NO6/c1-28-17-13(21)12(20)7-10-15(17)22(8-11(16(10)23)18(24)25)14(19(26)27)9-5-3-2-4-6-9/h2-8,14H,1H3,(H,24,25)(H,26,27). The number of carbonyl (C=O) groups is 2. The molecule has 0 aliphatic heterocycles. The molecule has 0 amide bonds. The molecule has 0 aliphatic carbocycles. The number of carboxylic acid groups (broad SMARTS) is 2. The molecule has 0 saturated heterocycles. The van der Waals surface area contributed by atoms with Crippen molar-refractivity contribution in [1.29, 1.82) is 0 Å². The third-order valence-corrected chi connectivity index (χ3v) is 4.23. The van der Waals surface area contributed by atoms with Crippen molar-refractivity contribution in [2.45, 2.75) is 6.04 Å². The molecule has 0 fully saturated rings. The highest BCUT2D eigenvalue weighted by Gasteiger charge is 2.29. The maximum absolute atomic E-state index is 14.3. The molecule has 3 rings (SSSR count). The van der Waals surface area contributed by atoms with Crippen LogP contribution in [-0.2, 0) is 4.79 Å². The van der Waals surface area contributed by atoms with Gasteiger partial charge in [-0.1, -0.05) is 30.3 Å². The molecule has 28 heavy (non-hydrogen) atoms. The number of benzene rings is 2. The molecule has 0 spiro atoms. The summed E-state index contributed by atoms with van der Waals surface area (Å²) in [6, 6.07) is 6.70. The van der Waals surface area contributed by atoms with E-state index in [2.05, 4.69) is 0 Å². The van der Waals surface area contributed by atoms with Crippen LogP contribution in [0, 0.1) is 11.6 Å². The van der Waals surface area contributed by atoms with E-state index in [4.69, 9.17) is 4.74 Å². The van der Waals surface area contributed by atoms with Gasteiger partial charge in [0.25, 0.3) is 0 Å². The highest BCUT2D eigenvalue weighted by molar-refractivity contribution is 5.95. The molecule has 0 saturated carbocycles. The minimum atomic E-state index is -1.64. The normalized spacial score (nSPS) is 12.0. The van der Waals surface area contributed by atoms with Gasteiger partial charge in [0.05, 0.1) is 18.0 Å². The Morgan fingerprint density at radius 1 is 1.14 bits per heavy atom. The van der Waals surface area contributed by atoms with Gasteiger partial charge in [-0.2, -0.15) is 4.39 Å². The number of rotatable bonds is 5. The van der Waals surface area contributed by atoms with E-state index in [1.165, 1.54) is 12.1 Å². The minimum absolute atomic E-state index is 0.225. The maximum atomic E-state index is 14.3. The van der Waals surface area contributed by atoms with Gasteiger partial charge in [-0.3, -0.25) is 4.79 Å². The molecule has 3 aromatic rings. The molecular weight excluding hydrogens is 376 g/mol. The molecule has 1 aromatic heterocycles. The SMILES string of the molecule is COc1c(F)c(F)cc2c(=O)c(C(=O)O)cn(C(C(=O)O)c3ccccc3)c12. The van der Waals surface area contributed by atoms with E-state index in [1.807, 2.05) is 0 Å². The number of ether oxygens (including phenoxy) is 1. The van der Waals surface area contributed by atoms with Gasteiger partial charge >= 0.3 is 11.9 Å². The lowest BCUT2D eigenvalue weighted by atomic mass is 10.0. The zero-order chi connectivity index (χ0) is 20.6. The van der Waals surface area contributed by atoms with Gasteiger partial charge in [-0.15, -0.1) is 0 Å². The average Bonchev–Trinajstić information content (AvgIpc) is 2.65. The highest BCUT2D eigenvalue weighted by Crippen LogP contribution is 2.33. The van der Waals surface area contributed by atoms with E-state index in [9.17, 15) is 33.4 Å². The number of methoxy groups -OCH3 is 1. The monoisotopic (exact) mass is 389 g/mol. The number of hydrogen-bond acceptors (Lipinski definition) is 4. The lowest BCUT2D eigenvalue weighted by molar-refractivity contribution is -0.139. The van der Waals surface area contributed by atoms with Crippen LogP contribution in [0.25, 0.3) is 10.9 Å². The summed E-state index contributed by atoms with van der Waals surface area (Å²) < 4.78 is 34.0. The Labute approximate surface area is 156 Å². The summed E-state index contributed by atoms with van der Waals surface area (Å²) in [7, 11) is 1.02. The minimum Gasteiger partial charge on any atom is -0.491 e. The fourth-order valence-corrected chi connectivity index (χ4v) is 3.03. The molecule has 2 aromatic carbocycles. The summed E-state index contributed by atoms with van der Waals surface area (Å²) in [5, 5.41) is 18.6. The Morgan fingerprint density at radius 2 is 1.79 bits per heavy atom. The number of aliphatic carboxylic acids is 1. The second-order valence-electron chi connectivity index (χ2n) is 5.84. The molecule has 144 valence electrons. The van der Waals surface area contributed by atoms with Gasteiger partial charge in [0, 0.05) is 6.20 Å². The highest BCUT2D eigenvalue weighted by atomic mass is 19.2. The van der Waals surface area contributed by atoms with Gasteiger partial charge in [0.1, 0.15) is 5.56 Å². The number of carboxylic acids is 2. The van der Waals surface area contributed by atoms with E-state index >= 15 is 0 Å². The molecule has 9 heteroatoms. The van der Waals surface area contributed by atoms with Crippen molar-refractivity contribution in [3.05, 3.63) is 75.6 Å². The Balaban J connectivity index is 2.55. The molecule has 2 N–H and O–H groups in total. The van der Waals surface area contributed by atoms with Crippen molar-refractivity contribution < 1.29 is 33.3 Å². The van der Waals surface area contributed by atoms with Crippen LogP contribution in [0.1, 0.15) is 22.0 Å². The second-order valence-corrected chi connectivity index (χ2v) is 5.84. The first-order valence-electron chi connectivity index (χ1n) is 7.89. The first kappa shape index (κ1) is 19.0. The maximum Gasteiger partial charge on any atom is 0.341 e. The molecule has 1 unspecified atom stereocenters. The van der Waals surface area contributed by atoms with E-state index in [0.717, 1.165) is 17.9 Å². The summed E-state index contributed by atoms with van der Waals surface area (Å²) in [4.78, 5) is 36.0. The van der Waals surface area contributed by atoms with Crippen LogP contribution < -0.4 is 10.2 Å². The van der Waals surface area contributed by atoms with Gasteiger partial charge in [-0.25, -0.2) is 14.0 Å². The Morgan fingerprint density at radius 3 is 2.32 bits per heavy atom. The predicted molar refractivity (Wildman–Crippen MR) is 93.9 cm³/mol. The van der Waals surface area contributed by atoms with Crippen molar-refractivity contribution in [3.8, 4) is 5.75 Å². The number of nitrogens with zero attached hydrogens (tertiary/aromatic N) is 1. The lowest BCUT2D eigenvalue weighted by Crippen LogP contribution is -2.26. The summed E-state index contributed by atoms with van der Waals surface area (Å²) in [6.45, 7) is 0. The fraction of sp³-hybridized carbons (Fsp3) is 0.105. The average molecular weight is 389 g/mol. The fourth-order valence-electron chi connectivity index (χ4n) is 3.03. The van der Waals surface area contributed by atoms with Crippen LogP contribution in [0.4, 0.5) is 8.78 Å². The van der Waals surface area contributed by atoms with Crippen molar-refractivity contribution in [1.82, 2.24) is 4.57 Å². The number of hydrogen-bond donors (Lipinski definition) is 2. The largest absolute Gasteiger partial charge is 0.491 e. The van der Waals surface area contributed by atoms with Gasteiger partial charge in [0.15, 0.2) is 17.6 Å². The first-order valence-corrected chi connectivity index (χ1v) is 7.89. The molecule has 0 bridgehead atoms. The predicted octanol–water partition coefficient (Wildman–Crippen LogP) is 2.66. The zero-order valence-corrected chi connectivity index (χ0v) is 14.3. The third-order valence-electron chi connectivity index (χ3n) is 4.23. The zero-order valence-electron chi connectivity index (χ0n) is 14.3. The van der Waals surface area contributed by atoms with Crippen molar-refractivity contribution >= 4 is 22.8 Å². The lowest BCUT2D eigenvalue weighted by Gasteiger charge is -2.22. The number of aromatic nitrogens is 1. The third kappa shape index (κ3) is 2.96. The topological polar surface area (TPSA) is 106 Å². The molecule has 0 aliphatic rings. The molecule has 7 nitrogen and oxygen atoms in total. The second kappa shape index (κ2) is 7.10. The van der Waals surface area contributed by atoms with Crippen LogP contribution >= 0.6 is 0 Å². The number of halogens is 2. The van der Waals surface area contributed by atoms with Crippen LogP contribution in [0.5, 0.6) is 5.75 Å². The van der Waals surface area contributed by atoms with Crippen LogP contribution in [0.2, 0.25) is 0 Å². The van der Waals surface area contributed by atoms with Crippen LogP contribution in [-0.4, -0.2) is 33.8 Å². The summed E-state index contributed by atoms with van der Waals surface area (Å²) in [5.74, 6) is -6.60. The smallest absolute Gasteiger partial charge is 0.341 e. The molecule has 1 atom stereocenters. The summed E-state index contributed by atoms with van der Waals surface area (Å²) >= 11 is 0. The number of fused-ring (bicyclic) bond motifs is 1. The van der Waals surface area contributed by atoms with Gasteiger partial charge < -0.3 is 19.5 Å². The van der Waals surface area contributed by atoms with Crippen LogP contribution in [0.3, 0.4) is 0 Å². The quantitative estimate of drug-likeness (QED) is 0.695. The summed E-state index contributed by atoms with van der Waals surface area (Å²) in [6.07, 6.45) is 0.790. The van der Waals surface area contributed by atoms with Crippen molar-refractivity contribution in [3.63, 3.8) is 0 Å². The van der Waals surface area contributed by atoms with E-state index in [0.29, 0.717) is 6.07 Å². The number of pyridine rings is 1. The molecule has 0 radical (unpaired) electrons. The Bertz CT molecular complexity index is 1160. The molecular formula is C19H13F2NO6. The van der Waals surface area contributed by atoms with E-state index in [1.54, 1.807) is 18.2 Å². The number of aromatic carboxylic acids is 1. The van der Waals surface area contributed by atoms with Gasteiger partial charge in [0.2, 0.25) is 11.2 Å². The Hall–Kier alpha value is -3.75. The molecule has 1 heterocycles. The van der Waals surface area contributed by atoms with E-state index in [-0.39, 0.29) is 11.1 Å². The van der Waals surface area contributed by atoms with E-state index < -0.39 is 51.7 Å². The van der Waals surface area contributed by atoms with Crippen molar-refractivity contribution in [2.24, 2.45) is 0 Å². The van der Waals surface area contributed by atoms with Gasteiger partial charge in [-0.05, 0) is 11.6 Å². The van der Waals surface area contributed by atoms with Crippen LogP contribution in [0.15, 0.2) is 47.4 Å².